The van der Waals surface area contributed by atoms with E-state index in [1.165, 1.54) is 0 Å². The number of ether oxygens (including phenoxy) is 1. The molecule has 0 aliphatic heterocycles. The molecule has 2 atom stereocenters. The monoisotopic (exact) mass is 349 g/mol. The van der Waals surface area contributed by atoms with Crippen molar-refractivity contribution in [3.63, 3.8) is 0 Å². The van der Waals surface area contributed by atoms with Crippen LogP contribution < -0.4 is 16.4 Å². The number of primary amides is 1. The summed E-state index contributed by atoms with van der Waals surface area (Å²) < 4.78 is 5.12. The predicted molar refractivity (Wildman–Crippen MR) is 90.4 cm³/mol. The summed E-state index contributed by atoms with van der Waals surface area (Å²) in [6.07, 6.45) is -1.26. The topological polar surface area (TPSA) is 128 Å². The van der Waals surface area contributed by atoms with Crippen LogP contribution in [0.2, 0.25) is 0 Å². The Labute approximate surface area is 146 Å². The molecule has 0 radical (unpaired) electrons. The third-order valence-electron chi connectivity index (χ3n) is 3.26. The molecule has 4 amide bonds. The Bertz CT molecular complexity index is 630. The molecule has 0 aromatic heterocycles. The van der Waals surface area contributed by atoms with Crippen molar-refractivity contribution in [2.45, 2.75) is 39.3 Å². The number of urea groups is 1. The molecule has 0 spiro atoms. The largest absolute Gasteiger partial charge is 0.452 e. The third-order valence-corrected chi connectivity index (χ3v) is 3.26. The molecule has 0 saturated heterocycles. The number of rotatable bonds is 7. The molecule has 0 aliphatic rings. The Morgan fingerprint density at radius 1 is 1.08 bits per heavy atom. The van der Waals surface area contributed by atoms with Crippen molar-refractivity contribution in [3.8, 4) is 0 Å². The molecule has 1 rings (SSSR count). The average molecular weight is 349 g/mol. The van der Waals surface area contributed by atoms with Crippen molar-refractivity contribution in [1.29, 1.82) is 0 Å². The van der Waals surface area contributed by atoms with Crippen molar-refractivity contribution in [1.82, 2.24) is 10.6 Å². The van der Waals surface area contributed by atoms with Gasteiger partial charge in [-0.25, -0.2) is 4.79 Å². The lowest BCUT2D eigenvalue weighted by Gasteiger charge is -2.21. The molecular formula is C17H23N3O5. The van der Waals surface area contributed by atoms with Crippen molar-refractivity contribution >= 4 is 23.8 Å². The van der Waals surface area contributed by atoms with Crippen LogP contribution >= 0.6 is 0 Å². The highest BCUT2D eigenvalue weighted by Crippen LogP contribution is 2.09. The Morgan fingerprint density at radius 3 is 2.20 bits per heavy atom. The first kappa shape index (κ1) is 20.1. The molecule has 8 nitrogen and oxygen atoms in total. The van der Waals surface area contributed by atoms with Gasteiger partial charge in [0.1, 0.15) is 0 Å². The Balaban J connectivity index is 2.57. The SMILES string of the molecule is CC(CC(=O)OC(C(=O)NC(N)=O)C(C)C)NC(=O)c1ccccc1. The maximum atomic E-state index is 12.0. The number of hydrogen-bond donors (Lipinski definition) is 3. The molecule has 136 valence electrons. The average Bonchev–Trinajstić information content (AvgIpc) is 2.52. The number of amides is 4. The zero-order chi connectivity index (χ0) is 19.0. The molecule has 0 fully saturated rings. The zero-order valence-electron chi connectivity index (χ0n) is 14.4. The van der Waals surface area contributed by atoms with Gasteiger partial charge in [0.15, 0.2) is 6.10 Å². The summed E-state index contributed by atoms with van der Waals surface area (Å²) in [7, 11) is 0. The number of esters is 1. The van der Waals surface area contributed by atoms with Gasteiger partial charge in [0.25, 0.3) is 11.8 Å². The lowest BCUT2D eigenvalue weighted by Crippen LogP contribution is -2.46. The van der Waals surface area contributed by atoms with Crippen LogP contribution in [-0.2, 0) is 14.3 Å². The van der Waals surface area contributed by atoms with Crippen molar-refractivity contribution in [2.24, 2.45) is 11.7 Å². The summed E-state index contributed by atoms with van der Waals surface area (Å²) in [6, 6.07) is 7.06. The standard InChI is InChI=1S/C17H23N3O5/c1-10(2)14(16(23)20-17(18)24)25-13(21)9-11(3)19-15(22)12-7-5-4-6-8-12/h4-8,10-11,14H,9H2,1-3H3,(H,19,22)(H3,18,20,23,24). The van der Waals surface area contributed by atoms with Gasteiger partial charge in [0.05, 0.1) is 6.42 Å². The molecule has 1 aromatic carbocycles. The van der Waals surface area contributed by atoms with Crippen LogP contribution in [0.4, 0.5) is 4.79 Å². The molecule has 25 heavy (non-hydrogen) atoms. The molecule has 4 N–H and O–H groups in total. The molecule has 0 heterocycles. The highest BCUT2D eigenvalue weighted by atomic mass is 16.5. The molecule has 0 bridgehead atoms. The fraction of sp³-hybridized carbons (Fsp3) is 0.412. The van der Waals surface area contributed by atoms with Gasteiger partial charge in [-0.05, 0) is 25.0 Å². The summed E-state index contributed by atoms with van der Waals surface area (Å²) in [4.78, 5) is 46.6. The van der Waals surface area contributed by atoms with Crippen LogP contribution in [0.3, 0.4) is 0 Å². The van der Waals surface area contributed by atoms with E-state index in [1.54, 1.807) is 51.1 Å². The van der Waals surface area contributed by atoms with Gasteiger partial charge < -0.3 is 15.8 Å². The first-order chi connectivity index (χ1) is 11.7. The number of nitrogens with two attached hydrogens (primary N) is 1. The third kappa shape index (κ3) is 7.03. The molecule has 8 heteroatoms. The van der Waals surface area contributed by atoms with Crippen molar-refractivity contribution < 1.29 is 23.9 Å². The van der Waals surface area contributed by atoms with E-state index in [-0.39, 0.29) is 18.2 Å². The van der Waals surface area contributed by atoms with Gasteiger partial charge in [-0.3, -0.25) is 19.7 Å². The summed E-state index contributed by atoms with van der Waals surface area (Å²) in [6.45, 7) is 4.98. The summed E-state index contributed by atoms with van der Waals surface area (Å²) in [5.41, 5.74) is 5.37. The van der Waals surface area contributed by atoms with Crippen LogP contribution in [-0.4, -0.2) is 36.0 Å². The first-order valence-corrected chi connectivity index (χ1v) is 7.86. The van der Waals surface area contributed by atoms with Crippen LogP contribution in [0.5, 0.6) is 0 Å². The van der Waals surface area contributed by atoms with E-state index in [1.807, 2.05) is 5.32 Å². The minimum absolute atomic E-state index is 0.119. The second-order valence-electron chi connectivity index (χ2n) is 5.95. The quantitative estimate of drug-likeness (QED) is 0.632. The van der Waals surface area contributed by atoms with E-state index in [2.05, 4.69) is 5.32 Å². The van der Waals surface area contributed by atoms with Crippen molar-refractivity contribution in [3.05, 3.63) is 35.9 Å². The van der Waals surface area contributed by atoms with E-state index < -0.39 is 30.1 Å². The molecule has 0 saturated carbocycles. The highest BCUT2D eigenvalue weighted by Gasteiger charge is 2.28. The minimum atomic E-state index is -1.14. The molecule has 1 aromatic rings. The number of carbonyl (C=O) groups is 4. The second-order valence-corrected chi connectivity index (χ2v) is 5.95. The summed E-state index contributed by atoms with van der Waals surface area (Å²) in [5.74, 6) is -2.11. The lowest BCUT2D eigenvalue weighted by atomic mass is 10.1. The lowest BCUT2D eigenvalue weighted by molar-refractivity contribution is -0.158. The Morgan fingerprint density at radius 2 is 1.68 bits per heavy atom. The van der Waals surface area contributed by atoms with Crippen LogP contribution in [0.1, 0.15) is 37.6 Å². The molecular weight excluding hydrogens is 326 g/mol. The zero-order valence-corrected chi connectivity index (χ0v) is 14.4. The van der Waals surface area contributed by atoms with E-state index in [9.17, 15) is 19.2 Å². The fourth-order valence-electron chi connectivity index (χ4n) is 2.07. The number of carbonyl (C=O) groups excluding carboxylic acids is 4. The van der Waals surface area contributed by atoms with Crippen molar-refractivity contribution in [2.75, 3.05) is 0 Å². The van der Waals surface area contributed by atoms with E-state index >= 15 is 0 Å². The highest BCUT2D eigenvalue weighted by molar-refractivity contribution is 5.97. The number of benzene rings is 1. The van der Waals surface area contributed by atoms with Crippen LogP contribution in [0.15, 0.2) is 30.3 Å². The van der Waals surface area contributed by atoms with Crippen LogP contribution in [0.25, 0.3) is 0 Å². The normalized spacial score (nSPS) is 12.8. The van der Waals surface area contributed by atoms with Crippen LogP contribution in [0, 0.1) is 5.92 Å². The maximum absolute atomic E-state index is 12.0. The maximum Gasteiger partial charge on any atom is 0.318 e. The molecule has 0 aliphatic carbocycles. The van der Waals surface area contributed by atoms with E-state index in [0.29, 0.717) is 5.56 Å². The van der Waals surface area contributed by atoms with Gasteiger partial charge in [0, 0.05) is 11.6 Å². The summed E-state index contributed by atoms with van der Waals surface area (Å²) >= 11 is 0. The van der Waals surface area contributed by atoms with Gasteiger partial charge in [-0.2, -0.15) is 0 Å². The van der Waals surface area contributed by atoms with Gasteiger partial charge >= 0.3 is 12.0 Å². The number of nitrogens with one attached hydrogen (secondary N) is 2. The van der Waals surface area contributed by atoms with Gasteiger partial charge in [0.2, 0.25) is 0 Å². The van der Waals surface area contributed by atoms with Gasteiger partial charge in [-0.1, -0.05) is 32.0 Å². The number of imide groups is 1. The minimum Gasteiger partial charge on any atom is -0.452 e. The predicted octanol–water partition coefficient (Wildman–Crippen LogP) is 0.958. The fourth-order valence-corrected chi connectivity index (χ4v) is 2.07. The van der Waals surface area contributed by atoms with E-state index in [4.69, 9.17) is 10.5 Å². The smallest absolute Gasteiger partial charge is 0.318 e. The molecule has 2 unspecified atom stereocenters. The first-order valence-electron chi connectivity index (χ1n) is 7.86. The Hall–Kier alpha value is -2.90. The Kier molecular flexibility index (Phi) is 7.58. The summed E-state index contributed by atoms with van der Waals surface area (Å²) in [5, 5.41) is 4.57. The second kappa shape index (κ2) is 9.41. The van der Waals surface area contributed by atoms with Gasteiger partial charge in [-0.15, -0.1) is 0 Å². The van der Waals surface area contributed by atoms with E-state index in [0.717, 1.165) is 0 Å². The number of hydrogen-bond acceptors (Lipinski definition) is 5.